The predicted octanol–water partition coefficient (Wildman–Crippen LogP) is 5.77. The van der Waals surface area contributed by atoms with E-state index in [0.29, 0.717) is 10.4 Å². The third kappa shape index (κ3) is 3.16. The van der Waals surface area contributed by atoms with Crippen molar-refractivity contribution in [2.45, 2.75) is 58.4 Å². The highest BCUT2D eigenvalue weighted by molar-refractivity contribution is 6.33. The summed E-state index contributed by atoms with van der Waals surface area (Å²) >= 11 is 12.4. The molecule has 1 saturated carbocycles. The molecular formula is C17H25Cl2N. The number of nitrogens with two attached hydrogens (primary N) is 1. The van der Waals surface area contributed by atoms with Gasteiger partial charge >= 0.3 is 0 Å². The number of hydrogen-bond donors (Lipinski definition) is 1. The third-order valence-corrected chi connectivity index (χ3v) is 5.92. The van der Waals surface area contributed by atoms with Gasteiger partial charge in [0.05, 0.1) is 0 Å². The van der Waals surface area contributed by atoms with Gasteiger partial charge in [0.15, 0.2) is 0 Å². The Morgan fingerprint density at radius 1 is 1.25 bits per heavy atom. The number of halogens is 2. The summed E-state index contributed by atoms with van der Waals surface area (Å²) in [5.74, 6) is 0.752. The fourth-order valence-electron chi connectivity index (χ4n) is 3.35. The minimum atomic E-state index is -0.317. The topological polar surface area (TPSA) is 26.0 Å². The van der Waals surface area contributed by atoms with Crippen LogP contribution in [-0.2, 0) is 5.54 Å². The van der Waals surface area contributed by atoms with Crippen LogP contribution in [0.4, 0.5) is 0 Å². The third-order valence-electron chi connectivity index (χ3n) is 5.36. The van der Waals surface area contributed by atoms with Crippen molar-refractivity contribution in [1.29, 1.82) is 0 Å². The molecule has 0 unspecified atom stereocenters. The van der Waals surface area contributed by atoms with Gasteiger partial charge in [-0.2, -0.15) is 0 Å². The Bertz CT molecular complexity index is 474. The van der Waals surface area contributed by atoms with Crippen LogP contribution in [0.3, 0.4) is 0 Å². The molecule has 2 N–H and O–H groups in total. The Morgan fingerprint density at radius 3 is 2.40 bits per heavy atom. The Kier molecular flexibility index (Phi) is 4.73. The van der Waals surface area contributed by atoms with Crippen LogP contribution in [-0.4, -0.2) is 0 Å². The summed E-state index contributed by atoms with van der Waals surface area (Å²) in [6.45, 7) is 7.01. The van der Waals surface area contributed by atoms with Crippen LogP contribution in [0.2, 0.25) is 10.0 Å². The normalized spacial score (nSPS) is 27.6. The SMILES string of the molecule is CCC(C)(C)C1CCC(N)(c2cc(Cl)ccc2Cl)CC1. The van der Waals surface area contributed by atoms with Crippen LogP contribution in [0.1, 0.15) is 58.4 Å². The molecule has 0 spiro atoms. The van der Waals surface area contributed by atoms with Crippen LogP contribution in [0.5, 0.6) is 0 Å². The van der Waals surface area contributed by atoms with Crippen LogP contribution in [0.25, 0.3) is 0 Å². The summed E-state index contributed by atoms with van der Waals surface area (Å²) in [6, 6.07) is 5.62. The van der Waals surface area contributed by atoms with Gasteiger partial charge in [0.2, 0.25) is 0 Å². The average molecular weight is 314 g/mol. The number of rotatable bonds is 3. The van der Waals surface area contributed by atoms with E-state index in [1.54, 1.807) is 0 Å². The first-order valence-electron chi connectivity index (χ1n) is 7.53. The maximum atomic E-state index is 6.65. The highest BCUT2D eigenvalue weighted by Gasteiger charge is 2.39. The van der Waals surface area contributed by atoms with Gasteiger partial charge in [-0.05, 0) is 60.8 Å². The monoisotopic (exact) mass is 313 g/mol. The highest BCUT2D eigenvalue weighted by atomic mass is 35.5. The van der Waals surface area contributed by atoms with E-state index in [0.717, 1.165) is 29.3 Å². The van der Waals surface area contributed by atoms with E-state index in [9.17, 15) is 0 Å². The van der Waals surface area contributed by atoms with Gasteiger partial charge < -0.3 is 5.73 Å². The maximum Gasteiger partial charge on any atom is 0.0457 e. The molecule has 0 aliphatic heterocycles. The van der Waals surface area contributed by atoms with Crippen LogP contribution < -0.4 is 5.73 Å². The zero-order valence-electron chi connectivity index (χ0n) is 12.7. The van der Waals surface area contributed by atoms with Crippen LogP contribution in [0.15, 0.2) is 18.2 Å². The molecule has 1 fully saturated rings. The molecule has 0 radical (unpaired) electrons. The van der Waals surface area contributed by atoms with E-state index in [1.807, 2.05) is 18.2 Å². The summed E-state index contributed by atoms with van der Waals surface area (Å²) in [7, 11) is 0. The molecule has 1 aromatic carbocycles. The van der Waals surface area contributed by atoms with Gasteiger partial charge in [0.1, 0.15) is 0 Å². The van der Waals surface area contributed by atoms with Crippen molar-refractivity contribution in [2.24, 2.45) is 17.1 Å². The molecular weight excluding hydrogens is 289 g/mol. The van der Waals surface area contributed by atoms with Crippen LogP contribution >= 0.6 is 23.2 Å². The minimum absolute atomic E-state index is 0.317. The molecule has 1 aliphatic rings. The summed E-state index contributed by atoms with van der Waals surface area (Å²) < 4.78 is 0. The standard InChI is InChI=1S/C17H25Cl2N/c1-4-16(2,3)12-7-9-17(20,10-8-12)14-11-13(18)5-6-15(14)19/h5-6,11-12H,4,7-10,20H2,1-3H3. The van der Waals surface area contributed by atoms with Gasteiger partial charge in [-0.25, -0.2) is 0 Å². The predicted molar refractivity (Wildman–Crippen MR) is 88.4 cm³/mol. The molecule has 0 saturated heterocycles. The number of benzene rings is 1. The first-order chi connectivity index (χ1) is 9.28. The molecule has 1 nitrogen and oxygen atoms in total. The molecule has 3 heteroatoms. The molecule has 2 rings (SSSR count). The second kappa shape index (κ2) is 5.87. The van der Waals surface area contributed by atoms with Gasteiger partial charge in [-0.3, -0.25) is 0 Å². The second-order valence-electron chi connectivity index (χ2n) is 6.90. The largest absolute Gasteiger partial charge is 0.321 e. The average Bonchev–Trinajstić information content (AvgIpc) is 2.42. The number of hydrogen-bond acceptors (Lipinski definition) is 1. The Labute approximate surface area is 132 Å². The van der Waals surface area contributed by atoms with Crippen molar-refractivity contribution in [3.05, 3.63) is 33.8 Å². The molecule has 0 bridgehead atoms. The molecule has 0 atom stereocenters. The quantitative estimate of drug-likeness (QED) is 0.752. The van der Waals surface area contributed by atoms with Gasteiger partial charge in [-0.15, -0.1) is 0 Å². The lowest BCUT2D eigenvalue weighted by Gasteiger charge is -2.43. The Morgan fingerprint density at radius 2 is 1.85 bits per heavy atom. The fraction of sp³-hybridized carbons (Fsp3) is 0.647. The lowest BCUT2D eigenvalue weighted by atomic mass is 9.64. The van der Waals surface area contributed by atoms with Crippen molar-refractivity contribution in [2.75, 3.05) is 0 Å². The van der Waals surface area contributed by atoms with Crippen LogP contribution in [0, 0.1) is 11.3 Å². The highest BCUT2D eigenvalue weighted by Crippen LogP contribution is 2.47. The smallest absolute Gasteiger partial charge is 0.0457 e. The van der Waals surface area contributed by atoms with Crippen molar-refractivity contribution >= 4 is 23.2 Å². The van der Waals surface area contributed by atoms with Gasteiger partial charge in [0.25, 0.3) is 0 Å². The molecule has 1 aliphatic carbocycles. The molecule has 1 aromatic rings. The summed E-state index contributed by atoms with van der Waals surface area (Å²) in [5, 5.41) is 1.45. The van der Waals surface area contributed by atoms with Crippen molar-refractivity contribution in [3.63, 3.8) is 0 Å². The van der Waals surface area contributed by atoms with E-state index >= 15 is 0 Å². The lowest BCUT2D eigenvalue weighted by molar-refractivity contribution is 0.115. The summed E-state index contributed by atoms with van der Waals surface area (Å²) in [5.41, 5.74) is 7.75. The Balaban J connectivity index is 2.18. The first-order valence-corrected chi connectivity index (χ1v) is 8.28. The molecule has 112 valence electrons. The molecule has 0 heterocycles. The lowest BCUT2D eigenvalue weighted by Crippen LogP contribution is -2.43. The van der Waals surface area contributed by atoms with Gasteiger partial charge in [0, 0.05) is 15.6 Å². The molecule has 0 amide bonds. The zero-order valence-corrected chi connectivity index (χ0v) is 14.2. The minimum Gasteiger partial charge on any atom is -0.321 e. The zero-order chi connectivity index (χ0) is 15.0. The van der Waals surface area contributed by atoms with Crippen molar-refractivity contribution < 1.29 is 0 Å². The first kappa shape index (κ1) is 16.1. The molecule has 0 aromatic heterocycles. The van der Waals surface area contributed by atoms with E-state index in [2.05, 4.69) is 20.8 Å². The van der Waals surface area contributed by atoms with E-state index in [4.69, 9.17) is 28.9 Å². The summed E-state index contributed by atoms with van der Waals surface area (Å²) in [6.07, 6.45) is 5.52. The maximum absolute atomic E-state index is 6.65. The van der Waals surface area contributed by atoms with Crippen molar-refractivity contribution in [1.82, 2.24) is 0 Å². The summed E-state index contributed by atoms with van der Waals surface area (Å²) in [4.78, 5) is 0. The second-order valence-corrected chi connectivity index (χ2v) is 7.74. The van der Waals surface area contributed by atoms with E-state index in [1.165, 1.54) is 19.3 Å². The van der Waals surface area contributed by atoms with E-state index < -0.39 is 0 Å². The van der Waals surface area contributed by atoms with E-state index in [-0.39, 0.29) is 5.54 Å². The van der Waals surface area contributed by atoms with Gasteiger partial charge in [-0.1, -0.05) is 50.4 Å². The molecule has 20 heavy (non-hydrogen) atoms. The van der Waals surface area contributed by atoms with Crippen molar-refractivity contribution in [3.8, 4) is 0 Å². The Hall–Kier alpha value is -0.240. The fourth-order valence-corrected chi connectivity index (χ4v) is 3.83.